The Morgan fingerprint density at radius 3 is 2.55 bits per heavy atom. The fourth-order valence-electron chi connectivity index (χ4n) is 1.39. The molecule has 0 spiro atoms. The maximum Gasteiger partial charge on any atom is 0.232 e. The van der Waals surface area contributed by atoms with Gasteiger partial charge in [-0.25, -0.2) is 0 Å². The van der Waals surface area contributed by atoms with Crippen LogP contribution in [-0.4, -0.2) is 30.7 Å². The third-order valence-corrected chi connectivity index (χ3v) is 2.04. The van der Waals surface area contributed by atoms with Gasteiger partial charge in [0.25, 0.3) is 0 Å². The van der Waals surface area contributed by atoms with Crippen molar-refractivity contribution < 1.29 is 9.59 Å². The molecule has 3 heteroatoms. The van der Waals surface area contributed by atoms with E-state index in [9.17, 15) is 9.59 Å². The topological polar surface area (TPSA) is 37.4 Å². The summed E-state index contributed by atoms with van der Waals surface area (Å²) in [5, 5.41) is 0. The molecule has 0 N–H and O–H groups in total. The Kier molecular flexibility index (Phi) is 2.27. The van der Waals surface area contributed by atoms with E-state index in [1.807, 2.05) is 0 Å². The lowest BCUT2D eigenvalue weighted by Gasteiger charge is -2.13. The average molecular weight is 155 g/mol. The van der Waals surface area contributed by atoms with Gasteiger partial charge in [0, 0.05) is 20.5 Å². The van der Waals surface area contributed by atoms with Crippen molar-refractivity contribution in [1.29, 1.82) is 0 Å². The van der Waals surface area contributed by atoms with E-state index in [1.54, 1.807) is 14.1 Å². The largest absolute Gasteiger partial charge is 0.348 e. The first-order valence-corrected chi connectivity index (χ1v) is 3.87. The number of amides is 1. The van der Waals surface area contributed by atoms with Crippen LogP contribution in [0.3, 0.4) is 0 Å². The number of hydrogen-bond donors (Lipinski definition) is 0. The minimum atomic E-state index is -0.329. The summed E-state index contributed by atoms with van der Waals surface area (Å²) in [7, 11) is 3.38. The van der Waals surface area contributed by atoms with Crippen LogP contribution in [0.25, 0.3) is 0 Å². The zero-order valence-electron chi connectivity index (χ0n) is 6.96. The molecule has 1 aliphatic carbocycles. The fraction of sp³-hybridized carbons (Fsp3) is 0.750. The Morgan fingerprint density at radius 2 is 2.18 bits per heavy atom. The zero-order chi connectivity index (χ0) is 8.43. The highest BCUT2D eigenvalue weighted by atomic mass is 16.2. The second-order valence-electron chi connectivity index (χ2n) is 3.14. The SMILES string of the molecule is CN(C)C(=O)C1CCCC1=O. The number of nitrogens with zero attached hydrogens (tertiary/aromatic N) is 1. The summed E-state index contributed by atoms with van der Waals surface area (Å²) in [6.45, 7) is 0. The number of carbonyl (C=O) groups excluding carboxylic acids is 2. The van der Waals surface area contributed by atoms with Crippen LogP contribution in [0.15, 0.2) is 0 Å². The first kappa shape index (κ1) is 8.24. The monoisotopic (exact) mass is 155 g/mol. The van der Waals surface area contributed by atoms with Gasteiger partial charge in [-0.2, -0.15) is 0 Å². The first-order chi connectivity index (χ1) is 5.13. The van der Waals surface area contributed by atoms with Crippen molar-refractivity contribution in [1.82, 2.24) is 4.90 Å². The second-order valence-corrected chi connectivity index (χ2v) is 3.14. The van der Waals surface area contributed by atoms with E-state index < -0.39 is 0 Å². The van der Waals surface area contributed by atoms with Crippen molar-refractivity contribution in [3.8, 4) is 0 Å². The molecule has 3 nitrogen and oxygen atoms in total. The van der Waals surface area contributed by atoms with E-state index >= 15 is 0 Å². The van der Waals surface area contributed by atoms with Crippen LogP contribution in [0, 0.1) is 5.92 Å². The third-order valence-electron chi connectivity index (χ3n) is 2.04. The van der Waals surface area contributed by atoms with E-state index in [4.69, 9.17) is 0 Å². The van der Waals surface area contributed by atoms with Crippen molar-refractivity contribution in [2.45, 2.75) is 19.3 Å². The van der Waals surface area contributed by atoms with Crippen molar-refractivity contribution in [2.24, 2.45) is 5.92 Å². The second kappa shape index (κ2) is 3.03. The maximum absolute atomic E-state index is 11.3. The van der Waals surface area contributed by atoms with Gasteiger partial charge in [0.05, 0.1) is 5.92 Å². The fourth-order valence-corrected chi connectivity index (χ4v) is 1.39. The van der Waals surface area contributed by atoms with Gasteiger partial charge in [0.1, 0.15) is 5.78 Å². The Bertz CT molecular complexity index is 187. The van der Waals surface area contributed by atoms with Crippen LogP contribution in [-0.2, 0) is 9.59 Å². The van der Waals surface area contributed by atoms with Gasteiger partial charge < -0.3 is 4.90 Å². The molecule has 62 valence electrons. The summed E-state index contributed by atoms with van der Waals surface area (Å²) in [4.78, 5) is 23.8. The van der Waals surface area contributed by atoms with Crippen LogP contribution in [0.1, 0.15) is 19.3 Å². The van der Waals surface area contributed by atoms with Gasteiger partial charge in [-0.15, -0.1) is 0 Å². The molecule has 1 amide bonds. The molecule has 1 unspecified atom stereocenters. The Hall–Kier alpha value is -0.860. The highest BCUT2D eigenvalue weighted by Crippen LogP contribution is 2.22. The van der Waals surface area contributed by atoms with E-state index in [1.165, 1.54) is 4.90 Å². The Balaban J connectivity index is 2.60. The van der Waals surface area contributed by atoms with Crippen LogP contribution in [0.2, 0.25) is 0 Å². The van der Waals surface area contributed by atoms with Crippen LogP contribution < -0.4 is 0 Å². The minimum absolute atomic E-state index is 0.0347. The lowest BCUT2D eigenvalue weighted by Crippen LogP contribution is -2.31. The smallest absolute Gasteiger partial charge is 0.232 e. The predicted octanol–water partition coefficient (Wildman–Crippen LogP) is 0.444. The molecular weight excluding hydrogens is 142 g/mol. The molecule has 0 aromatic rings. The van der Waals surface area contributed by atoms with Crippen molar-refractivity contribution in [3.63, 3.8) is 0 Å². The van der Waals surface area contributed by atoms with Crippen LogP contribution >= 0.6 is 0 Å². The molecule has 1 aliphatic rings. The molecule has 0 aromatic heterocycles. The maximum atomic E-state index is 11.3. The van der Waals surface area contributed by atoms with Crippen molar-refractivity contribution >= 4 is 11.7 Å². The summed E-state index contributed by atoms with van der Waals surface area (Å²) in [5.74, 6) is -0.249. The summed E-state index contributed by atoms with van der Waals surface area (Å²) < 4.78 is 0. The van der Waals surface area contributed by atoms with E-state index in [2.05, 4.69) is 0 Å². The Labute approximate surface area is 66.4 Å². The lowest BCUT2D eigenvalue weighted by atomic mass is 10.1. The third kappa shape index (κ3) is 1.59. The molecule has 0 heterocycles. The molecular formula is C8H13NO2. The molecule has 0 saturated heterocycles. The lowest BCUT2D eigenvalue weighted by molar-refractivity contribution is -0.137. The minimum Gasteiger partial charge on any atom is -0.348 e. The van der Waals surface area contributed by atoms with Gasteiger partial charge >= 0.3 is 0 Å². The molecule has 1 fully saturated rings. The number of ketones is 1. The number of hydrogen-bond acceptors (Lipinski definition) is 2. The van der Waals surface area contributed by atoms with E-state index in [0.717, 1.165) is 12.8 Å². The predicted molar refractivity (Wildman–Crippen MR) is 41.0 cm³/mol. The summed E-state index contributed by atoms with van der Waals surface area (Å²) in [6.07, 6.45) is 2.21. The molecule has 0 radical (unpaired) electrons. The van der Waals surface area contributed by atoms with Gasteiger partial charge in [0.2, 0.25) is 5.91 Å². The van der Waals surface area contributed by atoms with Crippen LogP contribution in [0.5, 0.6) is 0 Å². The number of Topliss-reactive ketones (excluding diaryl/α,β-unsaturated/α-hetero) is 1. The molecule has 11 heavy (non-hydrogen) atoms. The van der Waals surface area contributed by atoms with Crippen molar-refractivity contribution in [2.75, 3.05) is 14.1 Å². The van der Waals surface area contributed by atoms with E-state index in [-0.39, 0.29) is 17.6 Å². The number of carbonyl (C=O) groups is 2. The quantitative estimate of drug-likeness (QED) is 0.515. The van der Waals surface area contributed by atoms with Crippen molar-refractivity contribution in [3.05, 3.63) is 0 Å². The first-order valence-electron chi connectivity index (χ1n) is 3.87. The van der Waals surface area contributed by atoms with Gasteiger partial charge in [-0.05, 0) is 12.8 Å². The summed E-state index contributed by atoms with van der Waals surface area (Å²) in [5.41, 5.74) is 0. The highest BCUT2D eigenvalue weighted by Gasteiger charge is 2.31. The number of rotatable bonds is 1. The molecule has 1 atom stereocenters. The zero-order valence-corrected chi connectivity index (χ0v) is 6.96. The summed E-state index contributed by atoms with van der Waals surface area (Å²) in [6, 6.07) is 0. The Morgan fingerprint density at radius 1 is 1.55 bits per heavy atom. The molecule has 0 bridgehead atoms. The van der Waals surface area contributed by atoms with E-state index in [0.29, 0.717) is 6.42 Å². The average Bonchev–Trinajstić information content (AvgIpc) is 2.33. The van der Waals surface area contributed by atoms with Gasteiger partial charge in [-0.1, -0.05) is 0 Å². The molecule has 1 saturated carbocycles. The molecule has 0 aromatic carbocycles. The van der Waals surface area contributed by atoms with Crippen LogP contribution in [0.4, 0.5) is 0 Å². The highest BCUT2D eigenvalue weighted by molar-refractivity contribution is 6.02. The molecule has 0 aliphatic heterocycles. The standard InChI is InChI=1S/C8H13NO2/c1-9(2)8(11)6-4-3-5-7(6)10/h6H,3-5H2,1-2H3. The van der Waals surface area contributed by atoms with Gasteiger partial charge in [0.15, 0.2) is 0 Å². The normalized spacial score (nSPS) is 23.8. The summed E-state index contributed by atoms with van der Waals surface area (Å²) >= 11 is 0. The molecule has 1 rings (SSSR count). The van der Waals surface area contributed by atoms with Gasteiger partial charge in [-0.3, -0.25) is 9.59 Å².